The molecule has 1 aromatic heterocycles. The second-order valence-electron chi connectivity index (χ2n) is 5.66. The SMILES string of the molecule is CC1(O)CCCC1n1ncc([N+](=O)[O-])c1C1CC1. The van der Waals surface area contributed by atoms with Gasteiger partial charge in [0.1, 0.15) is 11.9 Å². The van der Waals surface area contributed by atoms with Crippen molar-refractivity contribution in [3.8, 4) is 0 Å². The average Bonchev–Trinajstić information content (AvgIpc) is 2.93. The van der Waals surface area contributed by atoms with Crippen molar-refractivity contribution in [2.45, 2.75) is 56.6 Å². The molecule has 0 bridgehead atoms. The molecule has 1 aromatic rings. The highest BCUT2D eigenvalue weighted by Crippen LogP contribution is 2.48. The smallest absolute Gasteiger partial charge is 0.310 e. The fourth-order valence-corrected chi connectivity index (χ4v) is 3.02. The summed E-state index contributed by atoms with van der Waals surface area (Å²) >= 11 is 0. The molecule has 18 heavy (non-hydrogen) atoms. The van der Waals surface area contributed by atoms with Crippen molar-refractivity contribution in [2.24, 2.45) is 0 Å². The molecule has 0 amide bonds. The lowest BCUT2D eigenvalue weighted by atomic mass is 10.0. The first-order chi connectivity index (χ1) is 8.50. The number of nitro groups is 1. The van der Waals surface area contributed by atoms with Gasteiger partial charge in [0.05, 0.1) is 16.6 Å². The zero-order chi connectivity index (χ0) is 12.9. The molecular weight excluding hydrogens is 234 g/mol. The third-order valence-electron chi connectivity index (χ3n) is 4.15. The van der Waals surface area contributed by atoms with E-state index in [1.54, 1.807) is 11.6 Å². The van der Waals surface area contributed by atoms with Gasteiger partial charge in [-0.1, -0.05) is 0 Å². The van der Waals surface area contributed by atoms with Crippen molar-refractivity contribution < 1.29 is 10.0 Å². The monoisotopic (exact) mass is 251 g/mol. The topological polar surface area (TPSA) is 81.2 Å². The van der Waals surface area contributed by atoms with E-state index in [4.69, 9.17) is 0 Å². The molecule has 3 rings (SSSR count). The Morgan fingerprint density at radius 2 is 2.28 bits per heavy atom. The van der Waals surface area contributed by atoms with Crippen molar-refractivity contribution in [1.29, 1.82) is 0 Å². The molecule has 1 heterocycles. The predicted octanol–water partition coefficient (Wildman–Crippen LogP) is 2.14. The molecule has 6 nitrogen and oxygen atoms in total. The summed E-state index contributed by atoms with van der Waals surface area (Å²) in [4.78, 5) is 10.7. The molecule has 2 saturated carbocycles. The molecule has 98 valence electrons. The summed E-state index contributed by atoms with van der Waals surface area (Å²) in [5.74, 6) is 0.254. The third-order valence-corrected chi connectivity index (χ3v) is 4.15. The maximum Gasteiger partial charge on any atom is 0.310 e. The summed E-state index contributed by atoms with van der Waals surface area (Å²) in [7, 11) is 0. The van der Waals surface area contributed by atoms with E-state index < -0.39 is 5.60 Å². The fraction of sp³-hybridized carbons (Fsp3) is 0.750. The molecule has 2 aliphatic rings. The van der Waals surface area contributed by atoms with Gasteiger partial charge in [0.2, 0.25) is 0 Å². The summed E-state index contributed by atoms with van der Waals surface area (Å²) in [5.41, 5.74) is 0.0242. The second kappa shape index (κ2) is 3.78. The Morgan fingerprint density at radius 1 is 1.56 bits per heavy atom. The van der Waals surface area contributed by atoms with Gasteiger partial charge in [0.25, 0.3) is 0 Å². The van der Waals surface area contributed by atoms with Crippen LogP contribution >= 0.6 is 0 Å². The normalized spacial score (nSPS) is 31.8. The molecule has 0 saturated heterocycles. The number of nitrogens with zero attached hydrogens (tertiary/aromatic N) is 3. The Balaban J connectivity index is 2.04. The number of rotatable bonds is 3. The predicted molar refractivity (Wildman–Crippen MR) is 64.4 cm³/mol. The minimum atomic E-state index is -0.802. The van der Waals surface area contributed by atoms with Crippen LogP contribution in [-0.2, 0) is 0 Å². The molecule has 2 atom stereocenters. The Kier molecular flexibility index (Phi) is 2.45. The largest absolute Gasteiger partial charge is 0.388 e. The van der Waals surface area contributed by atoms with Crippen LogP contribution in [0.4, 0.5) is 5.69 Å². The van der Waals surface area contributed by atoms with E-state index >= 15 is 0 Å². The molecule has 6 heteroatoms. The van der Waals surface area contributed by atoms with E-state index in [2.05, 4.69) is 5.10 Å². The molecule has 2 unspecified atom stereocenters. The van der Waals surface area contributed by atoms with Crippen molar-refractivity contribution in [1.82, 2.24) is 9.78 Å². The number of aromatic nitrogens is 2. The van der Waals surface area contributed by atoms with Gasteiger partial charge in [0, 0.05) is 5.92 Å². The van der Waals surface area contributed by atoms with Crippen LogP contribution in [0.5, 0.6) is 0 Å². The van der Waals surface area contributed by atoms with E-state index in [1.807, 2.05) is 0 Å². The van der Waals surface area contributed by atoms with Gasteiger partial charge in [-0.3, -0.25) is 14.8 Å². The van der Waals surface area contributed by atoms with Crippen LogP contribution in [0.25, 0.3) is 0 Å². The Labute approximate surface area is 105 Å². The van der Waals surface area contributed by atoms with Gasteiger partial charge < -0.3 is 5.11 Å². The van der Waals surface area contributed by atoms with E-state index in [0.717, 1.165) is 32.1 Å². The first-order valence-electron chi connectivity index (χ1n) is 6.45. The molecule has 0 spiro atoms. The van der Waals surface area contributed by atoms with Gasteiger partial charge in [-0.15, -0.1) is 0 Å². The summed E-state index contributed by atoms with van der Waals surface area (Å²) in [6.07, 6.45) is 5.82. The van der Waals surface area contributed by atoms with Gasteiger partial charge in [-0.05, 0) is 39.0 Å². The Bertz CT molecular complexity index is 491. The van der Waals surface area contributed by atoms with Gasteiger partial charge in [0.15, 0.2) is 0 Å². The summed E-state index contributed by atoms with van der Waals surface area (Å²) in [6, 6.07) is -0.123. The van der Waals surface area contributed by atoms with Crippen LogP contribution in [-0.4, -0.2) is 25.4 Å². The summed E-state index contributed by atoms with van der Waals surface area (Å²) < 4.78 is 1.72. The van der Waals surface area contributed by atoms with Crippen LogP contribution in [0.1, 0.15) is 56.7 Å². The molecule has 2 fully saturated rings. The van der Waals surface area contributed by atoms with Crippen LogP contribution < -0.4 is 0 Å². The highest BCUT2D eigenvalue weighted by molar-refractivity contribution is 5.39. The molecule has 2 aliphatic carbocycles. The van der Waals surface area contributed by atoms with Gasteiger partial charge in [-0.2, -0.15) is 5.10 Å². The molecule has 0 aliphatic heterocycles. The van der Waals surface area contributed by atoms with Crippen LogP contribution in [0.15, 0.2) is 6.20 Å². The van der Waals surface area contributed by atoms with E-state index in [9.17, 15) is 15.2 Å². The third kappa shape index (κ3) is 1.71. The van der Waals surface area contributed by atoms with Crippen molar-refractivity contribution >= 4 is 5.69 Å². The maximum absolute atomic E-state index is 11.0. The van der Waals surface area contributed by atoms with Crippen molar-refractivity contribution in [3.63, 3.8) is 0 Å². The molecule has 1 N–H and O–H groups in total. The molecular formula is C12H17N3O3. The van der Waals surface area contributed by atoms with Crippen LogP contribution in [0.3, 0.4) is 0 Å². The minimum Gasteiger partial charge on any atom is -0.388 e. The van der Waals surface area contributed by atoms with Crippen LogP contribution in [0.2, 0.25) is 0 Å². The lowest BCUT2D eigenvalue weighted by molar-refractivity contribution is -0.385. The van der Waals surface area contributed by atoms with E-state index in [0.29, 0.717) is 5.69 Å². The highest BCUT2D eigenvalue weighted by atomic mass is 16.6. The first-order valence-corrected chi connectivity index (χ1v) is 6.45. The zero-order valence-corrected chi connectivity index (χ0v) is 10.4. The summed E-state index contributed by atoms with van der Waals surface area (Å²) in [5, 5.41) is 25.6. The number of aliphatic hydroxyl groups is 1. The molecule has 0 aromatic carbocycles. The maximum atomic E-state index is 11.0. The van der Waals surface area contributed by atoms with Gasteiger partial charge >= 0.3 is 5.69 Å². The number of hydrogen-bond donors (Lipinski definition) is 1. The second-order valence-corrected chi connectivity index (χ2v) is 5.66. The first kappa shape index (κ1) is 11.6. The van der Waals surface area contributed by atoms with Gasteiger partial charge in [-0.25, -0.2) is 0 Å². The van der Waals surface area contributed by atoms with Crippen molar-refractivity contribution in [3.05, 3.63) is 22.0 Å². The quantitative estimate of drug-likeness (QED) is 0.659. The van der Waals surface area contributed by atoms with E-state index in [1.165, 1.54) is 6.20 Å². The fourth-order valence-electron chi connectivity index (χ4n) is 3.02. The number of hydrogen-bond acceptors (Lipinski definition) is 4. The lowest BCUT2D eigenvalue weighted by Gasteiger charge is -2.27. The van der Waals surface area contributed by atoms with Crippen molar-refractivity contribution in [2.75, 3.05) is 0 Å². The zero-order valence-electron chi connectivity index (χ0n) is 10.4. The highest BCUT2D eigenvalue weighted by Gasteiger charge is 2.44. The summed E-state index contributed by atoms with van der Waals surface area (Å²) in [6.45, 7) is 1.80. The van der Waals surface area contributed by atoms with Crippen LogP contribution in [0, 0.1) is 10.1 Å². The standard InChI is InChI=1S/C12H17N3O3/c1-12(16)6-2-3-10(12)14-11(8-4-5-8)9(7-13-14)15(17)18/h7-8,10,16H,2-6H2,1H3. The Hall–Kier alpha value is -1.43. The molecule has 0 radical (unpaired) electrons. The Morgan fingerprint density at radius 3 is 2.78 bits per heavy atom. The minimum absolute atomic E-state index is 0.111. The van der Waals surface area contributed by atoms with E-state index in [-0.39, 0.29) is 22.6 Å². The lowest BCUT2D eigenvalue weighted by Crippen LogP contribution is -2.32. The average molecular weight is 251 g/mol.